The first kappa shape index (κ1) is 18.1. The number of nitrogens with zero attached hydrogens (tertiary/aromatic N) is 1. The molecule has 30 heavy (non-hydrogen) atoms. The van der Waals surface area contributed by atoms with Crippen LogP contribution in [-0.2, 0) is 0 Å². The van der Waals surface area contributed by atoms with Crippen molar-refractivity contribution in [2.75, 3.05) is 12.4 Å². The topological polar surface area (TPSA) is 94.6 Å². The molecule has 0 atom stereocenters. The highest BCUT2D eigenvalue weighted by Crippen LogP contribution is 2.27. The molecular formula is C22H14N2O5S. The van der Waals surface area contributed by atoms with Crippen LogP contribution in [0.2, 0.25) is 0 Å². The zero-order chi connectivity index (χ0) is 20.7. The minimum atomic E-state index is -0.513. The Kier molecular flexibility index (Phi) is 4.33. The van der Waals surface area contributed by atoms with Gasteiger partial charge in [-0.2, -0.15) is 0 Å². The highest BCUT2D eigenvalue weighted by Gasteiger charge is 2.19. The second kappa shape index (κ2) is 7.16. The Morgan fingerprint density at radius 3 is 2.67 bits per heavy atom. The average Bonchev–Trinajstić information content (AvgIpc) is 3.41. The summed E-state index contributed by atoms with van der Waals surface area (Å²) in [6.07, 6.45) is 0. The molecule has 0 fully saturated rings. The summed E-state index contributed by atoms with van der Waals surface area (Å²) in [4.78, 5) is 29.7. The maximum Gasteiger partial charge on any atom is 0.302 e. The lowest BCUT2D eigenvalue weighted by Crippen LogP contribution is -2.10. The van der Waals surface area contributed by atoms with Gasteiger partial charge in [-0.1, -0.05) is 12.1 Å². The van der Waals surface area contributed by atoms with Crippen LogP contribution < -0.4 is 15.5 Å². The summed E-state index contributed by atoms with van der Waals surface area (Å²) < 4.78 is 16.3. The molecule has 0 radical (unpaired) electrons. The molecule has 2 aromatic carbocycles. The van der Waals surface area contributed by atoms with Crippen LogP contribution in [0.1, 0.15) is 10.6 Å². The number of para-hydroxylation sites is 1. The van der Waals surface area contributed by atoms with Gasteiger partial charge in [-0.05, 0) is 36.4 Å². The van der Waals surface area contributed by atoms with Gasteiger partial charge in [0.05, 0.1) is 18.2 Å². The SMILES string of the molecule is COc1ccc(-c2csc(NC(=O)c3cc4c(=O)c5ccccc5oc4o3)n2)cc1. The number of thiazole rings is 1. The molecule has 0 aliphatic heterocycles. The van der Waals surface area contributed by atoms with Crippen molar-refractivity contribution in [2.24, 2.45) is 0 Å². The molecule has 5 rings (SSSR count). The Labute approximate surface area is 173 Å². The summed E-state index contributed by atoms with van der Waals surface area (Å²) in [7, 11) is 1.61. The lowest BCUT2D eigenvalue weighted by molar-refractivity contribution is 0.0997. The summed E-state index contributed by atoms with van der Waals surface area (Å²) in [5, 5.41) is 5.60. The van der Waals surface area contributed by atoms with Crippen LogP contribution in [0, 0.1) is 0 Å². The van der Waals surface area contributed by atoms with Crippen LogP contribution in [0.4, 0.5) is 5.13 Å². The third-order valence-electron chi connectivity index (χ3n) is 4.61. The highest BCUT2D eigenvalue weighted by molar-refractivity contribution is 7.14. The average molecular weight is 418 g/mol. The second-order valence-electron chi connectivity index (χ2n) is 6.46. The van der Waals surface area contributed by atoms with Gasteiger partial charge in [0.1, 0.15) is 16.7 Å². The van der Waals surface area contributed by atoms with Crippen molar-refractivity contribution < 1.29 is 18.4 Å². The summed E-state index contributed by atoms with van der Waals surface area (Å²) in [5.41, 5.74) is 1.79. The van der Waals surface area contributed by atoms with Gasteiger partial charge in [-0.25, -0.2) is 4.98 Å². The van der Waals surface area contributed by atoms with Crippen molar-refractivity contribution in [3.8, 4) is 17.0 Å². The van der Waals surface area contributed by atoms with Crippen molar-refractivity contribution >= 4 is 44.5 Å². The molecule has 1 N–H and O–H groups in total. The predicted molar refractivity (Wildman–Crippen MR) is 114 cm³/mol. The highest BCUT2D eigenvalue weighted by atomic mass is 32.1. The Bertz CT molecular complexity index is 1450. The van der Waals surface area contributed by atoms with Crippen LogP contribution >= 0.6 is 11.3 Å². The largest absolute Gasteiger partial charge is 0.497 e. The second-order valence-corrected chi connectivity index (χ2v) is 7.32. The molecule has 0 bridgehead atoms. The third-order valence-corrected chi connectivity index (χ3v) is 5.37. The van der Waals surface area contributed by atoms with E-state index in [1.165, 1.54) is 17.4 Å². The number of anilines is 1. The van der Waals surface area contributed by atoms with Crippen LogP contribution in [0.3, 0.4) is 0 Å². The van der Waals surface area contributed by atoms with E-state index in [0.717, 1.165) is 17.0 Å². The van der Waals surface area contributed by atoms with E-state index >= 15 is 0 Å². The number of carbonyl (C=O) groups is 1. The van der Waals surface area contributed by atoms with E-state index in [2.05, 4.69) is 10.3 Å². The number of rotatable bonds is 4. The molecule has 148 valence electrons. The maximum absolute atomic E-state index is 12.6. The first-order valence-corrected chi connectivity index (χ1v) is 9.87. The quantitative estimate of drug-likeness (QED) is 0.445. The molecule has 0 spiro atoms. The predicted octanol–water partition coefficient (Wildman–Crippen LogP) is 4.92. The van der Waals surface area contributed by atoms with Crippen LogP contribution in [0.25, 0.3) is 33.4 Å². The monoisotopic (exact) mass is 418 g/mol. The summed E-state index contributed by atoms with van der Waals surface area (Å²) in [5.74, 6) is 0.230. The van der Waals surface area contributed by atoms with E-state index in [1.54, 1.807) is 31.4 Å². The Morgan fingerprint density at radius 1 is 1.07 bits per heavy atom. The van der Waals surface area contributed by atoms with Crippen LogP contribution in [-0.4, -0.2) is 18.0 Å². The lowest BCUT2D eigenvalue weighted by Gasteiger charge is -2.00. The smallest absolute Gasteiger partial charge is 0.302 e. The number of hydrogen-bond donors (Lipinski definition) is 1. The number of benzene rings is 2. The Morgan fingerprint density at radius 2 is 1.87 bits per heavy atom. The van der Waals surface area contributed by atoms with Crippen LogP contribution in [0.15, 0.2) is 73.6 Å². The molecule has 0 aliphatic rings. The maximum atomic E-state index is 12.6. The fraction of sp³-hybridized carbons (Fsp3) is 0.0455. The zero-order valence-electron chi connectivity index (χ0n) is 15.7. The van der Waals surface area contributed by atoms with Crippen molar-refractivity contribution in [1.29, 1.82) is 0 Å². The van der Waals surface area contributed by atoms with Gasteiger partial charge in [0, 0.05) is 17.0 Å². The Balaban J connectivity index is 1.42. The standard InChI is InChI=1S/C22H14N2O5S/c1-27-13-8-6-12(7-9-13)16-11-30-22(23-16)24-20(26)18-10-15-19(25)14-4-2-3-5-17(14)28-21(15)29-18/h2-11H,1H3,(H,23,24,26). The van der Waals surface area contributed by atoms with Crippen molar-refractivity contribution in [1.82, 2.24) is 4.98 Å². The number of carbonyl (C=O) groups excluding carboxylic acids is 1. The lowest BCUT2D eigenvalue weighted by atomic mass is 10.2. The van der Waals surface area contributed by atoms with Crippen molar-refractivity contribution in [2.45, 2.75) is 0 Å². The van der Waals surface area contributed by atoms with E-state index in [0.29, 0.717) is 16.1 Å². The fourth-order valence-electron chi connectivity index (χ4n) is 3.09. The van der Waals surface area contributed by atoms with E-state index in [-0.39, 0.29) is 22.4 Å². The first-order valence-electron chi connectivity index (χ1n) is 8.99. The number of furan rings is 1. The molecule has 1 amide bonds. The van der Waals surface area contributed by atoms with Gasteiger partial charge in [0.15, 0.2) is 10.9 Å². The first-order chi connectivity index (χ1) is 14.6. The summed E-state index contributed by atoms with van der Waals surface area (Å²) in [6, 6.07) is 15.7. The molecule has 0 saturated heterocycles. The van der Waals surface area contributed by atoms with E-state index < -0.39 is 5.91 Å². The molecular weight excluding hydrogens is 404 g/mol. The van der Waals surface area contributed by atoms with Gasteiger partial charge in [0.2, 0.25) is 5.43 Å². The number of nitrogens with one attached hydrogen (secondary N) is 1. The number of amides is 1. The number of aromatic nitrogens is 1. The third kappa shape index (κ3) is 3.13. The van der Waals surface area contributed by atoms with E-state index in [1.807, 2.05) is 29.6 Å². The van der Waals surface area contributed by atoms with Crippen LogP contribution in [0.5, 0.6) is 5.75 Å². The minimum absolute atomic E-state index is 0.0157. The molecule has 5 aromatic rings. The molecule has 8 heteroatoms. The minimum Gasteiger partial charge on any atom is -0.497 e. The number of ether oxygens (including phenoxy) is 1. The van der Waals surface area contributed by atoms with Gasteiger partial charge in [-0.15, -0.1) is 11.3 Å². The van der Waals surface area contributed by atoms with Gasteiger partial charge in [-0.3, -0.25) is 14.9 Å². The molecule has 3 heterocycles. The zero-order valence-corrected chi connectivity index (χ0v) is 16.5. The van der Waals surface area contributed by atoms with Gasteiger partial charge >= 0.3 is 5.78 Å². The number of methoxy groups -OCH3 is 1. The molecule has 0 saturated carbocycles. The summed E-state index contributed by atoms with van der Waals surface area (Å²) >= 11 is 1.29. The Hall–Kier alpha value is -3.91. The number of fused-ring (bicyclic) bond motifs is 2. The van der Waals surface area contributed by atoms with Crippen molar-refractivity contribution in [3.63, 3.8) is 0 Å². The fourth-order valence-corrected chi connectivity index (χ4v) is 3.81. The molecule has 3 aromatic heterocycles. The van der Waals surface area contributed by atoms with E-state index in [4.69, 9.17) is 13.6 Å². The number of hydrogen-bond acceptors (Lipinski definition) is 7. The summed E-state index contributed by atoms with van der Waals surface area (Å²) in [6.45, 7) is 0. The normalized spacial score (nSPS) is 11.1. The molecule has 0 aliphatic carbocycles. The van der Waals surface area contributed by atoms with Gasteiger partial charge in [0.25, 0.3) is 5.91 Å². The van der Waals surface area contributed by atoms with Gasteiger partial charge < -0.3 is 13.6 Å². The van der Waals surface area contributed by atoms with Crippen molar-refractivity contribution in [3.05, 3.63) is 76.0 Å². The molecule has 0 unspecified atom stereocenters. The molecule has 7 nitrogen and oxygen atoms in total. The van der Waals surface area contributed by atoms with E-state index in [9.17, 15) is 9.59 Å².